The van der Waals surface area contributed by atoms with E-state index in [4.69, 9.17) is 21.6 Å². The Labute approximate surface area is 293 Å². The Morgan fingerprint density at radius 3 is 1.83 bits per heavy atom. The molecule has 6 rings (SSSR count). The third-order valence-electron chi connectivity index (χ3n) is 8.91. The van der Waals surface area contributed by atoms with Crippen LogP contribution in [0.1, 0.15) is 44.6 Å². The second kappa shape index (κ2) is 16.2. The van der Waals surface area contributed by atoms with Gasteiger partial charge in [-0.1, -0.05) is 39.8 Å². The van der Waals surface area contributed by atoms with Crippen LogP contribution in [0, 0.1) is 18.8 Å². The van der Waals surface area contributed by atoms with Gasteiger partial charge in [-0.15, -0.1) is 0 Å². The highest BCUT2D eigenvalue weighted by atomic mass is 35.5. The summed E-state index contributed by atoms with van der Waals surface area (Å²) in [5.41, 5.74) is 4.15. The number of halogens is 1. The maximum Gasteiger partial charge on any atom is 0.227 e. The summed E-state index contributed by atoms with van der Waals surface area (Å²) in [6.07, 6.45) is 1.37. The van der Waals surface area contributed by atoms with E-state index in [9.17, 15) is 18.6 Å². The van der Waals surface area contributed by atoms with E-state index in [2.05, 4.69) is 75.4 Å². The molecule has 3 aliphatic rings. The SMILES string of the molecule is CC(C)C(CO)Nc1nc(Cl)nc2c1S(=O)CC2.Cc1cccc(N2CCN(c3nc4c(c(NC(CO)C(C)C)n3)S(=O)CC4)CC2)c1. The van der Waals surface area contributed by atoms with Gasteiger partial charge in [0.15, 0.2) is 0 Å². The molecule has 1 aromatic carbocycles. The maximum atomic E-state index is 12.5. The van der Waals surface area contributed by atoms with Crippen LogP contribution in [0.25, 0.3) is 0 Å². The fourth-order valence-corrected chi connectivity index (χ4v) is 8.69. The molecule has 4 atom stereocenters. The predicted octanol–water partition coefficient (Wildman–Crippen LogP) is 3.43. The number of nitrogens with one attached hydrogen (secondary N) is 2. The summed E-state index contributed by atoms with van der Waals surface area (Å²) in [6.45, 7) is 13.7. The number of anilines is 4. The highest BCUT2D eigenvalue weighted by molar-refractivity contribution is 7.85. The van der Waals surface area contributed by atoms with Crippen LogP contribution in [0.3, 0.4) is 0 Å². The third-order valence-corrected chi connectivity index (χ3v) is 12.0. The molecule has 1 saturated heterocycles. The molecule has 5 heterocycles. The molecule has 48 heavy (non-hydrogen) atoms. The van der Waals surface area contributed by atoms with Crippen molar-refractivity contribution in [3.8, 4) is 0 Å². The van der Waals surface area contributed by atoms with Crippen LogP contribution in [0.15, 0.2) is 34.1 Å². The number of nitrogens with zero attached hydrogens (tertiary/aromatic N) is 6. The first kappa shape index (κ1) is 36.4. The Morgan fingerprint density at radius 1 is 0.792 bits per heavy atom. The van der Waals surface area contributed by atoms with Gasteiger partial charge >= 0.3 is 0 Å². The van der Waals surface area contributed by atoms with Gasteiger partial charge in [-0.2, -0.15) is 9.97 Å². The number of benzene rings is 1. The van der Waals surface area contributed by atoms with Crippen molar-refractivity contribution in [1.29, 1.82) is 0 Å². The zero-order valence-corrected chi connectivity index (χ0v) is 30.7. The Hall–Kier alpha value is -2.91. The topological polar surface area (TPSA) is 157 Å². The van der Waals surface area contributed by atoms with Crippen molar-refractivity contribution in [2.24, 2.45) is 11.8 Å². The van der Waals surface area contributed by atoms with E-state index < -0.39 is 21.6 Å². The van der Waals surface area contributed by atoms with Crippen molar-refractivity contribution in [2.75, 3.05) is 71.3 Å². The van der Waals surface area contributed by atoms with Crippen molar-refractivity contribution in [3.63, 3.8) is 0 Å². The van der Waals surface area contributed by atoms with Gasteiger partial charge in [0.1, 0.15) is 21.4 Å². The largest absolute Gasteiger partial charge is 0.394 e. The first-order valence-corrected chi connectivity index (χ1v) is 19.6. The van der Waals surface area contributed by atoms with Gasteiger partial charge in [0, 0.05) is 56.2 Å². The first-order chi connectivity index (χ1) is 23.0. The average Bonchev–Trinajstić information content (AvgIpc) is 3.63. The Morgan fingerprint density at radius 2 is 1.31 bits per heavy atom. The Bertz CT molecular complexity index is 1640. The minimum Gasteiger partial charge on any atom is -0.394 e. The molecular formula is C33H47ClN8O4S2. The standard InChI is InChI=1S/C22H31N5O2S.C11H16ClN3O2S/c1-15(2)19(14-28)23-21-20-18(7-12-30(20)29)24-22(25-21)27-10-8-26(9-11-27)17-6-4-5-16(3)13-17;1-6(2)8(5-16)13-10-9-7(3-4-18(9)17)14-11(12)15-10/h4-6,13,15,19,28H,7-12,14H2,1-3H3,(H,23,24,25);6,8,16H,3-5H2,1-2H3,(H,13,14,15). The lowest BCUT2D eigenvalue weighted by molar-refractivity contribution is 0.248. The molecule has 3 aromatic rings. The van der Waals surface area contributed by atoms with E-state index in [1.165, 1.54) is 11.3 Å². The van der Waals surface area contributed by atoms with Gasteiger partial charge in [-0.05, 0) is 48.1 Å². The van der Waals surface area contributed by atoms with Gasteiger partial charge in [-0.25, -0.2) is 9.97 Å². The number of rotatable bonds is 10. The zero-order valence-electron chi connectivity index (χ0n) is 28.3. The van der Waals surface area contributed by atoms with E-state index in [0.717, 1.165) is 42.5 Å². The number of aliphatic hydroxyl groups excluding tert-OH is 2. The molecule has 15 heteroatoms. The number of aromatic nitrogens is 4. The second-order valence-electron chi connectivity index (χ2n) is 13.0. The van der Waals surface area contributed by atoms with Crippen LogP contribution in [-0.2, 0) is 34.4 Å². The van der Waals surface area contributed by atoms with Crippen LogP contribution in [0.5, 0.6) is 0 Å². The third kappa shape index (κ3) is 8.44. The second-order valence-corrected chi connectivity index (χ2v) is 16.4. The lowest BCUT2D eigenvalue weighted by Crippen LogP contribution is -2.47. The van der Waals surface area contributed by atoms with Crippen LogP contribution in [0.2, 0.25) is 5.28 Å². The van der Waals surface area contributed by atoms with Gasteiger partial charge in [0.25, 0.3) is 0 Å². The molecule has 1 fully saturated rings. The number of hydrogen-bond donors (Lipinski definition) is 4. The Balaban J connectivity index is 0.000000214. The van der Waals surface area contributed by atoms with E-state index >= 15 is 0 Å². The van der Waals surface area contributed by atoms with Crippen LogP contribution >= 0.6 is 11.6 Å². The molecule has 2 aromatic heterocycles. The summed E-state index contributed by atoms with van der Waals surface area (Å²) in [7, 11) is -2.16. The molecule has 3 aliphatic heterocycles. The number of hydrogen-bond acceptors (Lipinski definition) is 12. The van der Waals surface area contributed by atoms with Crippen LogP contribution in [-0.4, -0.2) is 102 Å². The van der Waals surface area contributed by atoms with Gasteiger partial charge in [-0.3, -0.25) is 8.42 Å². The number of aryl methyl sites for hydroxylation is 3. The number of aliphatic hydroxyl groups is 2. The van der Waals surface area contributed by atoms with Crippen molar-refractivity contribution < 1.29 is 18.6 Å². The molecule has 12 nitrogen and oxygen atoms in total. The summed E-state index contributed by atoms with van der Waals surface area (Å²) in [5.74, 6) is 3.43. The molecule has 0 aliphatic carbocycles. The van der Waals surface area contributed by atoms with E-state index in [-0.39, 0.29) is 42.4 Å². The maximum absolute atomic E-state index is 12.5. The summed E-state index contributed by atoms with van der Waals surface area (Å²) in [4.78, 5) is 23.7. The molecule has 4 unspecified atom stereocenters. The van der Waals surface area contributed by atoms with E-state index in [1.807, 2.05) is 13.8 Å². The normalized spacial score (nSPS) is 19.9. The van der Waals surface area contributed by atoms with Crippen molar-refractivity contribution in [2.45, 2.75) is 69.3 Å². The lowest BCUT2D eigenvalue weighted by Gasteiger charge is -2.36. The number of fused-ring (bicyclic) bond motifs is 2. The van der Waals surface area contributed by atoms with Crippen LogP contribution in [0.4, 0.5) is 23.3 Å². The summed E-state index contributed by atoms with van der Waals surface area (Å²) < 4.78 is 24.5. The first-order valence-electron chi connectivity index (χ1n) is 16.5. The fraction of sp³-hybridized carbons (Fsp3) is 0.576. The molecule has 0 spiro atoms. The van der Waals surface area contributed by atoms with Crippen molar-refractivity contribution in [3.05, 3.63) is 46.5 Å². The van der Waals surface area contributed by atoms with Gasteiger partial charge in [0.2, 0.25) is 11.2 Å². The van der Waals surface area contributed by atoms with Gasteiger partial charge < -0.3 is 30.6 Å². The number of piperazine rings is 1. The minimum absolute atomic E-state index is 0.00752. The lowest BCUT2D eigenvalue weighted by atomic mass is 10.1. The quantitative estimate of drug-likeness (QED) is 0.227. The zero-order chi connectivity index (χ0) is 34.5. The molecule has 0 radical (unpaired) electrons. The molecule has 262 valence electrons. The highest BCUT2D eigenvalue weighted by Crippen LogP contribution is 2.32. The predicted molar refractivity (Wildman–Crippen MR) is 193 cm³/mol. The monoisotopic (exact) mass is 718 g/mol. The summed E-state index contributed by atoms with van der Waals surface area (Å²) in [5, 5.41) is 25.7. The van der Waals surface area contributed by atoms with Crippen LogP contribution < -0.4 is 20.4 Å². The minimum atomic E-state index is -1.08. The van der Waals surface area contributed by atoms with Crippen molar-refractivity contribution >= 4 is 56.5 Å². The Kier molecular flexibility index (Phi) is 12.3. The summed E-state index contributed by atoms with van der Waals surface area (Å²) in [6, 6.07) is 8.33. The molecule has 0 amide bonds. The van der Waals surface area contributed by atoms with E-state index in [0.29, 0.717) is 46.8 Å². The van der Waals surface area contributed by atoms with Crippen molar-refractivity contribution in [1.82, 2.24) is 19.9 Å². The average molecular weight is 719 g/mol. The molecular weight excluding hydrogens is 672 g/mol. The van der Waals surface area contributed by atoms with E-state index in [1.54, 1.807) is 0 Å². The van der Waals surface area contributed by atoms with Gasteiger partial charge in [0.05, 0.1) is 58.3 Å². The highest BCUT2D eigenvalue weighted by Gasteiger charge is 2.30. The smallest absolute Gasteiger partial charge is 0.227 e. The summed E-state index contributed by atoms with van der Waals surface area (Å²) >= 11 is 5.86. The fourth-order valence-electron chi connectivity index (χ4n) is 5.87. The molecule has 0 bridgehead atoms. The molecule has 4 N–H and O–H groups in total. The molecule has 0 saturated carbocycles.